The predicted molar refractivity (Wildman–Crippen MR) is 139 cm³/mol. The molecule has 0 amide bonds. The van der Waals surface area contributed by atoms with E-state index in [9.17, 15) is 30.0 Å². The first-order valence-corrected chi connectivity index (χ1v) is 13.8. The normalized spacial score (nSPS) is 45.1. The van der Waals surface area contributed by atoms with E-state index in [1.165, 1.54) is 13.0 Å². The fourth-order valence-electron chi connectivity index (χ4n) is 9.35. The van der Waals surface area contributed by atoms with Gasteiger partial charge in [-0.3, -0.25) is 4.79 Å². The average molecular weight is 519 g/mol. The number of ketones is 1. The van der Waals surface area contributed by atoms with E-state index in [0.29, 0.717) is 43.3 Å². The van der Waals surface area contributed by atoms with Crippen LogP contribution in [0.1, 0.15) is 87.0 Å². The van der Waals surface area contributed by atoms with Crippen molar-refractivity contribution in [3.8, 4) is 0 Å². The van der Waals surface area contributed by atoms with Gasteiger partial charge in [0.05, 0.1) is 24.4 Å². The molecule has 0 aromatic rings. The van der Waals surface area contributed by atoms with E-state index in [1.54, 1.807) is 0 Å². The maximum atomic E-state index is 14.1. The number of aliphatic hydroxyl groups is 4. The lowest BCUT2D eigenvalue weighted by atomic mass is 9.42. The van der Waals surface area contributed by atoms with Crippen LogP contribution in [0.4, 0.5) is 0 Å². The van der Waals surface area contributed by atoms with Gasteiger partial charge in [0.2, 0.25) is 0 Å². The van der Waals surface area contributed by atoms with Gasteiger partial charge in [0.1, 0.15) is 0 Å². The molecule has 0 heterocycles. The predicted octanol–water partition coefficient (Wildman–Crippen LogP) is 3.64. The van der Waals surface area contributed by atoms with Gasteiger partial charge in [-0.05, 0) is 84.7 Å². The third-order valence-corrected chi connectivity index (χ3v) is 11.7. The minimum atomic E-state index is -1.07. The summed E-state index contributed by atoms with van der Waals surface area (Å²) < 4.78 is 0. The first kappa shape index (κ1) is 28.5. The Morgan fingerprint density at radius 3 is 2.30 bits per heavy atom. The van der Waals surface area contributed by atoms with E-state index >= 15 is 0 Å². The van der Waals surface area contributed by atoms with E-state index in [-0.39, 0.29) is 35.5 Å². The number of Topliss-reactive ketones (excluding diaryl/α,β-unsaturated/α-hetero) is 1. The third-order valence-electron chi connectivity index (χ3n) is 11.7. The van der Waals surface area contributed by atoms with E-state index in [4.69, 9.17) is 5.11 Å². The molecule has 37 heavy (non-hydrogen) atoms. The molecule has 4 rings (SSSR count). The van der Waals surface area contributed by atoms with Crippen molar-refractivity contribution in [1.82, 2.24) is 0 Å². The molecule has 0 spiro atoms. The second-order valence-corrected chi connectivity index (χ2v) is 13.9. The number of carboxylic acids is 1. The number of fused-ring (bicyclic) bond motifs is 4. The molecule has 0 radical (unpaired) electrons. The molecular weight excluding hydrogens is 472 g/mol. The van der Waals surface area contributed by atoms with Gasteiger partial charge < -0.3 is 25.5 Å². The topological polar surface area (TPSA) is 135 Å². The van der Waals surface area contributed by atoms with Crippen molar-refractivity contribution in [2.75, 3.05) is 0 Å². The van der Waals surface area contributed by atoms with Crippen molar-refractivity contribution in [2.24, 2.45) is 39.4 Å². The fraction of sp³-hybridized carbons (Fsp3) is 0.800. The number of rotatable bonds is 5. The van der Waals surface area contributed by atoms with Gasteiger partial charge in [-0.25, -0.2) is 4.79 Å². The Labute approximate surface area is 220 Å². The zero-order chi connectivity index (χ0) is 27.9. The fourth-order valence-corrected chi connectivity index (χ4v) is 9.35. The molecule has 0 aromatic heterocycles. The highest BCUT2D eigenvalue weighted by Crippen LogP contribution is 2.71. The minimum absolute atomic E-state index is 0.0295. The smallest absolute Gasteiger partial charge is 0.331 e. The number of hydrogen-bond acceptors (Lipinski definition) is 6. The zero-order valence-electron chi connectivity index (χ0n) is 23.4. The van der Waals surface area contributed by atoms with Gasteiger partial charge in [-0.1, -0.05) is 41.5 Å². The summed E-state index contributed by atoms with van der Waals surface area (Å²) in [4.78, 5) is 25.3. The molecule has 2 fully saturated rings. The van der Waals surface area contributed by atoms with Crippen molar-refractivity contribution in [2.45, 2.75) is 111 Å². The highest BCUT2D eigenvalue weighted by atomic mass is 16.4. The Bertz CT molecular complexity index is 1040. The summed E-state index contributed by atoms with van der Waals surface area (Å²) in [5.74, 6) is -1.28. The molecule has 208 valence electrons. The molecular formula is C30H46O7. The number of aliphatic carboxylic acids is 1. The Hall–Kier alpha value is -1.54. The highest BCUT2D eigenvalue weighted by molar-refractivity contribution is 6.00. The Balaban J connectivity index is 1.76. The number of allylic oxidation sites excluding steroid dienone is 1. The van der Waals surface area contributed by atoms with Crippen LogP contribution < -0.4 is 0 Å². The number of carbonyl (C=O) groups excluding carboxylic acids is 1. The standard InChI is InChI=1S/C30H46O7/c1-15(10-17(31)11-16(2)26(36)37)18-12-23(35)30(7)25-19(32)13-21-27(3,4)22(34)8-9-28(21,5)24(25)20(33)14-29(18,30)6/h11,15,17-19,21-23,31-32,34-35H,8-10,12-14H2,1-7H3,(H,36,37)/t15-,17?,18-,19+,21?,22+,23+,28+,29-,30+/m1/s1. The molecule has 0 aliphatic heterocycles. The molecule has 2 saturated carbocycles. The van der Waals surface area contributed by atoms with E-state index in [2.05, 4.69) is 6.92 Å². The number of hydrogen-bond donors (Lipinski definition) is 5. The zero-order valence-corrected chi connectivity index (χ0v) is 23.4. The molecule has 4 aliphatic rings. The van der Waals surface area contributed by atoms with Gasteiger partial charge in [-0.2, -0.15) is 0 Å². The largest absolute Gasteiger partial charge is 0.478 e. The van der Waals surface area contributed by atoms with Crippen LogP contribution in [0.25, 0.3) is 0 Å². The minimum Gasteiger partial charge on any atom is -0.478 e. The first-order valence-electron chi connectivity index (χ1n) is 13.8. The molecule has 0 aromatic carbocycles. The second-order valence-electron chi connectivity index (χ2n) is 13.9. The Morgan fingerprint density at radius 2 is 1.70 bits per heavy atom. The lowest BCUT2D eigenvalue weighted by Crippen LogP contribution is -2.61. The summed E-state index contributed by atoms with van der Waals surface area (Å²) in [6.45, 7) is 13.7. The molecule has 0 saturated heterocycles. The van der Waals surface area contributed by atoms with Gasteiger partial charge in [0.15, 0.2) is 5.78 Å². The van der Waals surface area contributed by atoms with E-state index < -0.39 is 52.0 Å². The summed E-state index contributed by atoms with van der Waals surface area (Å²) in [7, 11) is 0. The summed E-state index contributed by atoms with van der Waals surface area (Å²) in [6, 6.07) is 0. The van der Waals surface area contributed by atoms with Crippen LogP contribution in [0.3, 0.4) is 0 Å². The van der Waals surface area contributed by atoms with Gasteiger partial charge in [-0.15, -0.1) is 0 Å². The van der Waals surface area contributed by atoms with Crippen LogP contribution in [-0.4, -0.2) is 61.7 Å². The van der Waals surface area contributed by atoms with Crippen LogP contribution in [-0.2, 0) is 9.59 Å². The summed E-state index contributed by atoms with van der Waals surface area (Å²) in [5, 5.41) is 53.8. The number of aliphatic hydroxyl groups excluding tert-OH is 4. The van der Waals surface area contributed by atoms with Crippen molar-refractivity contribution in [1.29, 1.82) is 0 Å². The molecule has 4 aliphatic carbocycles. The SMILES string of the molecule is CC(=CC(O)C[C@@H](C)[C@H]1C[C@H](O)[C@@]2(C)C3=C(C(=O)C[C@]12C)[C@@]1(C)CC[C@H](O)C(C)(C)C1C[C@@H]3O)C(=O)O. The molecule has 0 bridgehead atoms. The molecule has 10 atom stereocenters. The first-order chi connectivity index (χ1) is 16.9. The van der Waals surface area contributed by atoms with Crippen LogP contribution in [0.5, 0.6) is 0 Å². The maximum Gasteiger partial charge on any atom is 0.331 e. The summed E-state index contributed by atoms with van der Waals surface area (Å²) in [6.07, 6.45) is 1.03. The lowest BCUT2D eigenvalue weighted by Gasteiger charge is -2.62. The maximum absolute atomic E-state index is 14.1. The molecule has 7 nitrogen and oxygen atoms in total. The van der Waals surface area contributed by atoms with Gasteiger partial charge in [0.25, 0.3) is 0 Å². The monoisotopic (exact) mass is 518 g/mol. The van der Waals surface area contributed by atoms with Crippen LogP contribution >= 0.6 is 0 Å². The van der Waals surface area contributed by atoms with Crippen molar-refractivity contribution in [3.05, 3.63) is 22.8 Å². The van der Waals surface area contributed by atoms with E-state index in [0.717, 1.165) is 0 Å². The van der Waals surface area contributed by atoms with Crippen molar-refractivity contribution >= 4 is 11.8 Å². The Kier molecular flexibility index (Phi) is 6.93. The molecule has 7 heteroatoms. The molecule has 5 N–H and O–H groups in total. The average Bonchev–Trinajstić information content (AvgIpc) is 2.99. The van der Waals surface area contributed by atoms with Crippen LogP contribution in [0.2, 0.25) is 0 Å². The van der Waals surface area contributed by atoms with Crippen molar-refractivity contribution < 1.29 is 35.1 Å². The van der Waals surface area contributed by atoms with Crippen LogP contribution in [0, 0.1) is 39.4 Å². The summed E-state index contributed by atoms with van der Waals surface area (Å²) >= 11 is 0. The summed E-state index contributed by atoms with van der Waals surface area (Å²) in [5.41, 5.74) is -0.889. The van der Waals surface area contributed by atoms with Gasteiger partial charge >= 0.3 is 5.97 Å². The quantitative estimate of drug-likeness (QED) is 0.351. The second kappa shape index (κ2) is 9.00. The lowest BCUT2D eigenvalue weighted by molar-refractivity contribution is -0.140. The van der Waals surface area contributed by atoms with E-state index in [1.807, 2.05) is 34.6 Å². The number of carboxylic acid groups (broad SMARTS) is 1. The highest BCUT2D eigenvalue weighted by Gasteiger charge is 2.69. The Morgan fingerprint density at radius 1 is 1.08 bits per heavy atom. The number of carbonyl (C=O) groups is 2. The van der Waals surface area contributed by atoms with Crippen molar-refractivity contribution in [3.63, 3.8) is 0 Å². The van der Waals surface area contributed by atoms with Gasteiger partial charge in [0, 0.05) is 23.0 Å². The molecule has 2 unspecified atom stereocenters. The van der Waals surface area contributed by atoms with Crippen LogP contribution in [0.15, 0.2) is 22.8 Å². The third kappa shape index (κ3) is 3.90.